The highest BCUT2D eigenvalue weighted by Crippen LogP contribution is 2.66. The highest BCUT2D eigenvalue weighted by atomic mass is 16.5. The number of hydrogen-bond acceptors (Lipinski definition) is 11. The van der Waals surface area contributed by atoms with Crippen LogP contribution in [0.4, 0.5) is 0 Å². The monoisotopic (exact) mass is 1200 g/mol. The van der Waals surface area contributed by atoms with Crippen LogP contribution < -0.4 is 18.9 Å². The first kappa shape index (κ1) is 61.0. The molecule has 11 nitrogen and oxygen atoms in total. The molecule has 11 heteroatoms. The van der Waals surface area contributed by atoms with Crippen LogP contribution in [0.2, 0.25) is 0 Å². The summed E-state index contributed by atoms with van der Waals surface area (Å²) in [6.45, 7) is 13.9. The second-order valence-electron chi connectivity index (χ2n) is 30.7. The lowest BCUT2D eigenvalue weighted by molar-refractivity contribution is -0.129. The molecule has 0 radical (unpaired) electrons. The van der Waals surface area contributed by atoms with E-state index < -0.39 is 0 Å². The predicted octanol–water partition coefficient (Wildman–Crippen LogP) is 17.4. The van der Waals surface area contributed by atoms with Crippen molar-refractivity contribution in [3.63, 3.8) is 0 Å². The molecule has 12 aliphatic carbocycles. The van der Waals surface area contributed by atoms with Crippen molar-refractivity contribution in [1.29, 1.82) is 0 Å². The highest BCUT2D eigenvalue weighted by Gasteiger charge is 2.57. The number of aromatic hydroxyl groups is 4. The van der Waals surface area contributed by atoms with Crippen LogP contribution in [0.15, 0.2) is 65.8 Å². The number of rotatable bonds is 4. The minimum absolute atomic E-state index is 0.0698. The van der Waals surface area contributed by atoms with Crippen LogP contribution in [0, 0.1) is 69.0 Å². The molecular formula is C77H101NO10. The smallest absolute Gasteiger partial charge is 0.160 e. The zero-order valence-corrected chi connectivity index (χ0v) is 54.2. The van der Waals surface area contributed by atoms with Gasteiger partial charge >= 0.3 is 0 Å². The Labute approximate surface area is 524 Å². The molecule has 88 heavy (non-hydrogen) atoms. The lowest BCUT2D eigenvalue weighted by atomic mass is 9.55. The van der Waals surface area contributed by atoms with Crippen LogP contribution in [0.5, 0.6) is 46.0 Å². The molecule has 0 aliphatic heterocycles. The Kier molecular flexibility index (Phi) is 16.3. The normalized spacial score (nSPS) is 36.9. The number of aryl methyl sites for hydroxylation is 4. The van der Waals surface area contributed by atoms with E-state index in [4.69, 9.17) is 18.9 Å². The Bertz CT molecular complexity index is 3270. The van der Waals surface area contributed by atoms with Crippen LogP contribution >= 0.6 is 0 Å². The summed E-state index contributed by atoms with van der Waals surface area (Å²) in [4.78, 5) is 12.3. The van der Waals surface area contributed by atoms with Gasteiger partial charge in [0.2, 0.25) is 0 Å². The Balaban J connectivity index is 0.000000108. The average molecular weight is 1200 g/mol. The van der Waals surface area contributed by atoms with Gasteiger partial charge < -0.3 is 44.6 Å². The van der Waals surface area contributed by atoms with Crippen molar-refractivity contribution in [3.05, 3.63) is 105 Å². The molecule has 474 valence electrons. The number of Topliss-reactive ketones (excluding diaryl/α,β-unsaturated/α-hetero) is 1. The van der Waals surface area contributed by atoms with Gasteiger partial charge in [-0.1, -0.05) is 51.4 Å². The van der Waals surface area contributed by atoms with Gasteiger partial charge in [0.1, 0.15) is 5.78 Å². The van der Waals surface area contributed by atoms with Gasteiger partial charge in [0, 0.05) is 17.3 Å². The van der Waals surface area contributed by atoms with Gasteiger partial charge in [0.25, 0.3) is 0 Å². The number of ether oxygens (including phenoxy) is 4. The number of methoxy groups -OCH3 is 4. The topological polar surface area (TPSA) is 168 Å². The van der Waals surface area contributed by atoms with Crippen LogP contribution in [0.1, 0.15) is 231 Å². The van der Waals surface area contributed by atoms with E-state index in [2.05, 4.69) is 57.6 Å². The number of benzene rings is 4. The molecule has 0 heterocycles. The van der Waals surface area contributed by atoms with E-state index in [9.17, 15) is 30.4 Å². The molecule has 5 N–H and O–H groups in total. The number of ketones is 1. The van der Waals surface area contributed by atoms with Gasteiger partial charge in [-0.25, -0.2) is 0 Å². The summed E-state index contributed by atoms with van der Waals surface area (Å²) in [6, 6.07) is 16.0. The Morgan fingerprint density at radius 3 is 1.18 bits per heavy atom. The van der Waals surface area contributed by atoms with Crippen LogP contribution in [0.3, 0.4) is 0 Å². The molecule has 0 bridgehead atoms. The molecule has 16 atom stereocenters. The van der Waals surface area contributed by atoms with Crippen LogP contribution in [0.25, 0.3) is 0 Å². The van der Waals surface area contributed by atoms with E-state index >= 15 is 0 Å². The summed E-state index contributed by atoms with van der Waals surface area (Å²) in [6.07, 6.45) is 29.4. The summed E-state index contributed by atoms with van der Waals surface area (Å²) in [5.74, 6) is 12.2. The van der Waals surface area contributed by atoms with Crippen molar-refractivity contribution in [3.8, 4) is 46.0 Å². The Morgan fingerprint density at radius 2 is 0.761 bits per heavy atom. The second kappa shape index (κ2) is 23.4. The van der Waals surface area contributed by atoms with Crippen molar-refractivity contribution in [2.45, 2.75) is 212 Å². The third-order valence-electron chi connectivity index (χ3n) is 27.4. The van der Waals surface area contributed by atoms with E-state index in [1.54, 1.807) is 28.4 Å². The maximum absolute atomic E-state index is 12.3. The van der Waals surface area contributed by atoms with Crippen LogP contribution in [-0.2, 0) is 30.5 Å². The number of nitrogens with zero attached hydrogens (tertiary/aromatic N) is 1. The van der Waals surface area contributed by atoms with Crippen molar-refractivity contribution in [2.75, 3.05) is 28.4 Å². The molecule has 0 saturated heterocycles. The maximum Gasteiger partial charge on any atom is 0.160 e. The molecule has 0 amide bonds. The minimum Gasteiger partial charge on any atom is -0.504 e. The largest absolute Gasteiger partial charge is 0.504 e. The molecule has 12 aliphatic rings. The van der Waals surface area contributed by atoms with Gasteiger partial charge in [0.15, 0.2) is 46.0 Å². The molecule has 12 unspecified atom stereocenters. The zero-order chi connectivity index (χ0) is 61.8. The third-order valence-corrected chi connectivity index (χ3v) is 27.4. The van der Waals surface area contributed by atoms with Crippen molar-refractivity contribution < 1.29 is 49.4 Å². The average Bonchev–Trinajstić information content (AvgIpc) is 1.47. The number of fused-ring (bicyclic) bond motifs is 20. The summed E-state index contributed by atoms with van der Waals surface area (Å²) in [5.41, 5.74) is 14.4. The molecule has 4 aromatic carbocycles. The van der Waals surface area contributed by atoms with E-state index in [-0.39, 0.29) is 28.1 Å². The van der Waals surface area contributed by atoms with Gasteiger partial charge in [-0.05, 0) is 323 Å². The number of carbonyl (C=O) groups excluding carboxylic acids is 1. The summed E-state index contributed by atoms with van der Waals surface area (Å²) >= 11 is 0. The molecule has 16 rings (SSSR count). The van der Waals surface area contributed by atoms with Gasteiger partial charge in [-0.3, -0.25) is 4.79 Å². The first-order valence-electron chi connectivity index (χ1n) is 34.3. The molecule has 4 aromatic rings. The van der Waals surface area contributed by atoms with Gasteiger partial charge in [-0.15, -0.1) is 0 Å². The summed E-state index contributed by atoms with van der Waals surface area (Å²) < 4.78 is 21.3. The fraction of sp³-hybridized carbons (Fsp3) is 0.636. The lowest BCUT2D eigenvalue weighted by Gasteiger charge is -2.49. The number of phenolic OH excluding ortho intramolecular Hbond substituents is 4. The van der Waals surface area contributed by atoms with Crippen molar-refractivity contribution in [2.24, 2.45) is 74.2 Å². The zero-order valence-electron chi connectivity index (χ0n) is 54.2. The number of carbonyl (C=O) groups is 1. The number of allylic oxidation sites excluding steroid dienone is 1. The maximum atomic E-state index is 12.3. The standard InChI is InChI=1S/C20H26O2.C19H25NO3.C19H24O3.C19H26O2/c1-12-4-7-17-15-6-5-13-10-18(21)19(22-3)11-16(13)14(15)8-9-20(12,17)2;1-19-8-7-12-13(15(19)5-6-18(19)20-22)4-3-11-9-16(21)17(23-2)10-14(11)12;1-19-8-7-12-13(15(19)5-6-18(19)21)4-3-11-9-16(20)17(22-2)10-14(11)12;1-19-8-3-4-16(19)14-6-5-12-10-17(20)18(21-2)11-15(12)13(14)7-9-19/h10-11,14-15,17,21H,1,4-9H2,2-3H3;9-10,12-13,15,21-22H,3-8H2,1-2H3;9-10,12-13,15,20H,3-8H2,1-2H3;10-11,13-14,16,20H,3-9H2,1-2H3/b;20-18+;;/t14?,15?,17?,20-;2*12?,13?,15?,19-;13?,14?,16?,19-/m1000/s1. The molecule has 0 aromatic heterocycles. The number of hydrogen-bond donors (Lipinski definition) is 5. The highest BCUT2D eigenvalue weighted by molar-refractivity contribution is 5.92. The predicted molar refractivity (Wildman–Crippen MR) is 345 cm³/mol. The fourth-order valence-corrected chi connectivity index (χ4v) is 22.6. The SMILES string of the molecule is C=C1CCC2C3CCc4cc(O)c(OC)cc4C3CC[C@]12C.COc1cc2c(cc1O)CCC1C2CC[C@]2(C)/C(=N/O)CCC12.COc1cc2c(cc1O)CCC1C2CC[C@]2(C)C(=O)CCC12.COc1cc2c(cc1O)CCC1C2CC[C@]2(C)CCCC12. The number of oxime groups is 1. The van der Waals surface area contributed by atoms with E-state index in [1.165, 1.54) is 127 Å². The van der Waals surface area contributed by atoms with E-state index in [1.807, 2.05) is 30.3 Å². The van der Waals surface area contributed by atoms with Crippen LogP contribution in [-0.4, -0.2) is 65.6 Å². The Hall–Kier alpha value is -5.84. The minimum atomic E-state index is -0.0698. The fourth-order valence-electron chi connectivity index (χ4n) is 22.6. The van der Waals surface area contributed by atoms with E-state index in [0.29, 0.717) is 92.7 Å². The quantitative estimate of drug-likeness (QED) is 0.0754. The summed E-state index contributed by atoms with van der Waals surface area (Å²) in [5, 5.41) is 53.1. The third kappa shape index (κ3) is 10.00. The Morgan fingerprint density at radius 1 is 0.409 bits per heavy atom. The van der Waals surface area contributed by atoms with Gasteiger partial charge in [-0.2, -0.15) is 0 Å². The van der Waals surface area contributed by atoms with Crippen molar-refractivity contribution in [1.82, 2.24) is 0 Å². The molecule has 0 spiro atoms. The van der Waals surface area contributed by atoms with Crippen molar-refractivity contribution >= 4 is 11.5 Å². The second-order valence-corrected chi connectivity index (χ2v) is 30.7. The molecule has 8 saturated carbocycles. The van der Waals surface area contributed by atoms with Gasteiger partial charge in [0.05, 0.1) is 34.2 Å². The first-order valence-corrected chi connectivity index (χ1v) is 34.3. The number of phenols is 4. The lowest BCUT2D eigenvalue weighted by Crippen LogP contribution is -2.42. The molecule has 8 fully saturated rings. The molecular weight excluding hydrogens is 1100 g/mol. The van der Waals surface area contributed by atoms with E-state index in [0.717, 1.165) is 113 Å². The first-order chi connectivity index (χ1) is 42.3. The summed E-state index contributed by atoms with van der Waals surface area (Å²) in [7, 11) is 6.51.